The minimum atomic E-state index is -0.175. The molecule has 2 rings (SSSR count). The number of nitrogens with one attached hydrogen (secondary N) is 1. The first-order valence-electron chi connectivity index (χ1n) is 6.90. The first-order valence-corrected chi connectivity index (χ1v) is 7.28. The second kappa shape index (κ2) is 8.60. The van der Waals surface area contributed by atoms with Crippen LogP contribution >= 0.6 is 24.0 Å². The van der Waals surface area contributed by atoms with Crippen molar-refractivity contribution in [2.24, 2.45) is 0 Å². The van der Waals surface area contributed by atoms with Crippen LogP contribution in [0.15, 0.2) is 36.5 Å². The third-order valence-corrected chi connectivity index (χ3v) is 3.06. The Bertz CT molecular complexity index is 661. The fourth-order valence-corrected chi connectivity index (χ4v) is 2.06. The van der Waals surface area contributed by atoms with E-state index < -0.39 is 0 Å². The first-order chi connectivity index (χ1) is 10.4. The van der Waals surface area contributed by atoms with E-state index in [-0.39, 0.29) is 30.8 Å². The predicted molar refractivity (Wildman–Crippen MR) is 95.4 cm³/mol. The standard InChI is InChI=1S/C16H18ClN3O2.ClH/c1-10(2)22-15-6-5-13(7-14(15)17)20-16(21)8-12-4-3-11(18)9-19-12;/h3-7,9-10H,8,18H2,1-2H3,(H,20,21);1H. The summed E-state index contributed by atoms with van der Waals surface area (Å²) in [5, 5.41) is 3.23. The van der Waals surface area contributed by atoms with E-state index >= 15 is 0 Å². The van der Waals surface area contributed by atoms with Crippen LogP contribution in [0.25, 0.3) is 0 Å². The van der Waals surface area contributed by atoms with E-state index in [0.717, 1.165) is 0 Å². The van der Waals surface area contributed by atoms with E-state index in [1.54, 1.807) is 30.3 Å². The predicted octanol–water partition coefficient (Wildman–Crippen LogP) is 3.71. The van der Waals surface area contributed by atoms with Crippen LogP contribution < -0.4 is 15.8 Å². The summed E-state index contributed by atoms with van der Waals surface area (Å²) in [5.74, 6) is 0.417. The fourth-order valence-electron chi connectivity index (χ4n) is 1.84. The van der Waals surface area contributed by atoms with Crippen LogP contribution in [0.3, 0.4) is 0 Å². The lowest BCUT2D eigenvalue weighted by molar-refractivity contribution is -0.115. The highest BCUT2D eigenvalue weighted by Gasteiger charge is 2.08. The minimum Gasteiger partial charge on any atom is -0.489 e. The molecule has 0 spiro atoms. The highest BCUT2D eigenvalue weighted by atomic mass is 35.5. The number of benzene rings is 1. The van der Waals surface area contributed by atoms with E-state index in [1.165, 1.54) is 6.20 Å². The van der Waals surface area contributed by atoms with Gasteiger partial charge in [0.15, 0.2) is 0 Å². The summed E-state index contributed by atoms with van der Waals surface area (Å²) >= 11 is 6.13. The molecule has 0 atom stereocenters. The zero-order valence-electron chi connectivity index (χ0n) is 12.9. The lowest BCUT2D eigenvalue weighted by Gasteiger charge is -2.12. The zero-order chi connectivity index (χ0) is 16.1. The van der Waals surface area contributed by atoms with Gasteiger partial charge in [-0.3, -0.25) is 9.78 Å². The topological polar surface area (TPSA) is 77.2 Å². The van der Waals surface area contributed by atoms with Gasteiger partial charge in [0.05, 0.1) is 29.4 Å². The molecule has 3 N–H and O–H groups in total. The molecule has 1 aromatic heterocycles. The van der Waals surface area contributed by atoms with Crippen LogP contribution in [0.1, 0.15) is 19.5 Å². The molecule has 0 unspecified atom stereocenters. The highest BCUT2D eigenvalue weighted by molar-refractivity contribution is 6.32. The Hall–Kier alpha value is -1.98. The zero-order valence-corrected chi connectivity index (χ0v) is 14.4. The number of halogens is 2. The number of amides is 1. The Morgan fingerprint density at radius 1 is 1.35 bits per heavy atom. The molecule has 7 heteroatoms. The molecule has 0 aliphatic carbocycles. The van der Waals surface area contributed by atoms with Gasteiger partial charge >= 0.3 is 0 Å². The van der Waals surface area contributed by atoms with Gasteiger partial charge in [-0.05, 0) is 44.2 Å². The molecule has 0 aliphatic heterocycles. The molecule has 1 aromatic carbocycles. The van der Waals surface area contributed by atoms with Crippen molar-refractivity contribution < 1.29 is 9.53 Å². The third kappa shape index (κ3) is 5.96. The number of hydrogen-bond acceptors (Lipinski definition) is 4. The van der Waals surface area contributed by atoms with Gasteiger partial charge in [0.2, 0.25) is 5.91 Å². The van der Waals surface area contributed by atoms with Gasteiger partial charge in [-0.25, -0.2) is 0 Å². The summed E-state index contributed by atoms with van der Waals surface area (Å²) in [5.41, 5.74) is 7.39. The second-order valence-corrected chi connectivity index (χ2v) is 5.53. The quantitative estimate of drug-likeness (QED) is 0.856. The average molecular weight is 356 g/mol. The maximum Gasteiger partial charge on any atom is 0.230 e. The molecule has 5 nitrogen and oxygen atoms in total. The molecule has 0 saturated carbocycles. The van der Waals surface area contributed by atoms with E-state index in [0.29, 0.717) is 27.8 Å². The van der Waals surface area contributed by atoms with Crippen molar-refractivity contribution >= 4 is 41.3 Å². The number of anilines is 2. The Balaban J connectivity index is 0.00000264. The average Bonchev–Trinajstić information content (AvgIpc) is 2.44. The number of carbonyl (C=O) groups is 1. The van der Waals surface area contributed by atoms with Crippen molar-refractivity contribution in [3.8, 4) is 5.75 Å². The lowest BCUT2D eigenvalue weighted by Crippen LogP contribution is -2.15. The molecule has 0 bridgehead atoms. The number of aromatic nitrogens is 1. The van der Waals surface area contributed by atoms with Crippen molar-refractivity contribution in [1.29, 1.82) is 0 Å². The molecule has 23 heavy (non-hydrogen) atoms. The first kappa shape index (κ1) is 19.1. The van der Waals surface area contributed by atoms with Crippen LogP contribution in [-0.4, -0.2) is 17.0 Å². The van der Waals surface area contributed by atoms with Gasteiger partial charge in [-0.15, -0.1) is 12.4 Å². The van der Waals surface area contributed by atoms with E-state index in [4.69, 9.17) is 22.1 Å². The Morgan fingerprint density at radius 2 is 2.09 bits per heavy atom. The summed E-state index contributed by atoms with van der Waals surface area (Å²) in [6.07, 6.45) is 1.73. The molecule has 0 fully saturated rings. The number of nitrogens with zero attached hydrogens (tertiary/aromatic N) is 1. The number of hydrogen-bond donors (Lipinski definition) is 2. The van der Waals surface area contributed by atoms with E-state index in [1.807, 2.05) is 13.8 Å². The van der Waals surface area contributed by atoms with E-state index in [2.05, 4.69) is 10.3 Å². The van der Waals surface area contributed by atoms with Crippen LogP contribution in [0.5, 0.6) is 5.75 Å². The molecule has 1 heterocycles. The van der Waals surface area contributed by atoms with Gasteiger partial charge < -0.3 is 15.8 Å². The van der Waals surface area contributed by atoms with Crippen molar-refractivity contribution in [2.75, 3.05) is 11.1 Å². The lowest BCUT2D eigenvalue weighted by atomic mass is 10.2. The van der Waals surface area contributed by atoms with Crippen LogP contribution in [-0.2, 0) is 11.2 Å². The van der Waals surface area contributed by atoms with Crippen molar-refractivity contribution in [1.82, 2.24) is 4.98 Å². The van der Waals surface area contributed by atoms with Crippen LogP contribution in [0.4, 0.5) is 11.4 Å². The molecule has 0 saturated heterocycles. The van der Waals surface area contributed by atoms with Gasteiger partial charge in [-0.1, -0.05) is 11.6 Å². The fraction of sp³-hybridized carbons (Fsp3) is 0.250. The number of nitrogen functional groups attached to an aromatic ring is 1. The Labute approximate surface area is 146 Å². The summed E-state index contributed by atoms with van der Waals surface area (Å²) in [6, 6.07) is 8.58. The monoisotopic (exact) mass is 355 g/mol. The number of nitrogens with two attached hydrogens (primary N) is 1. The summed E-state index contributed by atoms with van der Waals surface area (Å²) in [4.78, 5) is 16.1. The molecule has 0 aliphatic rings. The van der Waals surface area contributed by atoms with Gasteiger partial charge in [0.25, 0.3) is 0 Å². The summed E-state index contributed by atoms with van der Waals surface area (Å²) in [6.45, 7) is 3.84. The summed E-state index contributed by atoms with van der Waals surface area (Å²) in [7, 11) is 0. The second-order valence-electron chi connectivity index (χ2n) is 5.12. The smallest absolute Gasteiger partial charge is 0.230 e. The highest BCUT2D eigenvalue weighted by Crippen LogP contribution is 2.28. The number of carbonyl (C=O) groups excluding carboxylic acids is 1. The molecular weight excluding hydrogens is 337 g/mol. The van der Waals surface area contributed by atoms with Crippen LogP contribution in [0, 0.1) is 0 Å². The number of rotatable bonds is 5. The largest absolute Gasteiger partial charge is 0.489 e. The molecular formula is C16H19Cl2N3O2. The van der Waals surface area contributed by atoms with Crippen molar-refractivity contribution in [3.63, 3.8) is 0 Å². The number of pyridine rings is 1. The van der Waals surface area contributed by atoms with E-state index in [9.17, 15) is 4.79 Å². The Kier molecular flexibility index (Phi) is 7.13. The molecule has 124 valence electrons. The summed E-state index contributed by atoms with van der Waals surface area (Å²) < 4.78 is 5.55. The van der Waals surface area contributed by atoms with Gasteiger partial charge in [0.1, 0.15) is 5.75 Å². The van der Waals surface area contributed by atoms with Gasteiger partial charge in [-0.2, -0.15) is 0 Å². The van der Waals surface area contributed by atoms with Crippen molar-refractivity contribution in [3.05, 3.63) is 47.2 Å². The van der Waals surface area contributed by atoms with Crippen LogP contribution in [0.2, 0.25) is 5.02 Å². The SMILES string of the molecule is CC(C)Oc1ccc(NC(=O)Cc2ccc(N)cn2)cc1Cl.Cl. The Morgan fingerprint density at radius 3 is 2.65 bits per heavy atom. The van der Waals surface area contributed by atoms with Crippen molar-refractivity contribution in [2.45, 2.75) is 26.4 Å². The molecule has 0 radical (unpaired) electrons. The number of ether oxygens (including phenoxy) is 1. The molecule has 2 aromatic rings. The maximum atomic E-state index is 12.0. The normalized spacial score (nSPS) is 10.1. The molecule has 1 amide bonds. The third-order valence-electron chi connectivity index (χ3n) is 2.77. The maximum absolute atomic E-state index is 12.0. The minimum absolute atomic E-state index is 0. The van der Waals surface area contributed by atoms with Gasteiger partial charge in [0, 0.05) is 11.4 Å².